The van der Waals surface area contributed by atoms with Gasteiger partial charge >= 0.3 is 0 Å². The van der Waals surface area contributed by atoms with E-state index >= 15 is 0 Å². The van der Waals surface area contributed by atoms with Crippen molar-refractivity contribution < 1.29 is 4.39 Å². The van der Waals surface area contributed by atoms with Gasteiger partial charge in [0.15, 0.2) is 5.82 Å². The first kappa shape index (κ1) is 14.0. The largest absolute Gasteiger partial charge is 0.354 e. The van der Waals surface area contributed by atoms with Crippen LogP contribution < -0.4 is 10.6 Å². The van der Waals surface area contributed by atoms with Gasteiger partial charge in [-0.1, -0.05) is 27.5 Å². The monoisotopic (exact) mass is 344 g/mol. The van der Waals surface area contributed by atoms with Gasteiger partial charge in [0.25, 0.3) is 0 Å². The number of rotatable bonds is 4. The lowest BCUT2D eigenvalue weighted by Crippen LogP contribution is -2.05. The summed E-state index contributed by atoms with van der Waals surface area (Å²) in [5.74, 6) is 0.398. The van der Waals surface area contributed by atoms with E-state index in [1.807, 2.05) is 6.92 Å². The molecule has 1 heterocycles. The minimum atomic E-state index is -0.394. The van der Waals surface area contributed by atoms with Crippen molar-refractivity contribution in [1.82, 2.24) is 9.97 Å². The van der Waals surface area contributed by atoms with Crippen molar-refractivity contribution in [3.8, 4) is 0 Å². The summed E-state index contributed by atoms with van der Waals surface area (Å²) >= 11 is 9.18. The Morgan fingerprint density at radius 3 is 2.89 bits per heavy atom. The third kappa shape index (κ3) is 3.54. The van der Waals surface area contributed by atoms with Gasteiger partial charge < -0.3 is 10.6 Å². The van der Waals surface area contributed by atoms with E-state index in [-0.39, 0.29) is 0 Å². The summed E-state index contributed by atoms with van der Waals surface area (Å²) in [6.45, 7) is 2.62. The second-order valence-corrected chi connectivity index (χ2v) is 4.99. The second-order valence-electron chi connectivity index (χ2n) is 3.67. The van der Waals surface area contributed by atoms with Crippen molar-refractivity contribution >= 4 is 45.0 Å². The average molecular weight is 346 g/mol. The molecule has 0 saturated heterocycles. The number of aromatic nitrogens is 2. The molecule has 0 fully saturated rings. The Labute approximate surface area is 123 Å². The van der Waals surface area contributed by atoms with E-state index in [1.54, 1.807) is 12.1 Å². The molecule has 0 unspecified atom stereocenters. The van der Waals surface area contributed by atoms with Crippen LogP contribution in [0.1, 0.15) is 6.92 Å². The Hall–Kier alpha value is -1.40. The van der Waals surface area contributed by atoms with Crippen molar-refractivity contribution in [3.05, 3.63) is 39.7 Å². The molecule has 4 nitrogen and oxygen atoms in total. The summed E-state index contributed by atoms with van der Waals surface area (Å²) in [5.41, 5.74) is 0.297. The molecule has 7 heteroatoms. The highest BCUT2D eigenvalue weighted by atomic mass is 79.9. The van der Waals surface area contributed by atoms with Crippen molar-refractivity contribution in [2.24, 2.45) is 0 Å². The second kappa shape index (κ2) is 6.16. The van der Waals surface area contributed by atoms with Gasteiger partial charge in [0.1, 0.15) is 10.8 Å². The van der Waals surface area contributed by atoms with Crippen LogP contribution in [0, 0.1) is 5.82 Å². The number of anilines is 3. The fourth-order valence-corrected chi connectivity index (χ4v) is 1.89. The molecule has 0 saturated carbocycles. The Kier molecular flexibility index (Phi) is 4.55. The number of benzene rings is 1. The molecule has 0 aliphatic rings. The molecule has 0 bridgehead atoms. The van der Waals surface area contributed by atoms with Crippen LogP contribution in [0.3, 0.4) is 0 Å². The lowest BCUT2D eigenvalue weighted by atomic mass is 10.3. The minimum absolute atomic E-state index is 0.297. The Morgan fingerprint density at radius 2 is 2.21 bits per heavy atom. The van der Waals surface area contributed by atoms with E-state index in [1.165, 1.54) is 12.3 Å². The summed E-state index contributed by atoms with van der Waals surface area (Å²) in [4.78, 5) is 8.19. The number of nitrogens with zero attached hydrogens (tertiary/aromatic N) is 2. The normalized spacial score (nSPS) is 10.3. The Bertz CT molecular complexity index is 594. The molecule has 0 amide bonds. The average Bonchev–Trinajstić information content (AvgIpc) is 2.37. The van der Waals surface area contributed by atoms with E-state index in [0.29, 0.717) is 33.5 Å². The summed E-state index contributed by atoms with van der Waals surface area (Å²) in [5, 5.41) is 6.13. The summed E-state index contributed by atoms with van der Waals surface area (Å²) in [6, 6.07) is 4.69. The van der Waals surface area contributed by atoms with E-state index in [4.69, 9.17) is 11.6 Å². The van der Waals surface area contributed by atoms with Gasteiger partial charge in [0.2, 0.25) is 5.95 Å². The summed E-state index contributed by atoms with van der Waals surface area (Å²) in [7, 11) is 0. The highest BCUT2D eigenvalue weighted by molar-refractivity contribution is 9.10. The zero-order chi connectivity index (χ0) is 13.8. The molecule has 100 valence electrons. The van der Waals surface area contributed by atoms with E-state index < -0.39 is 5.82 Å². The fourth-order valence-electron chi connectivity index (χ4n) is 1.42. The van der Waals surface area contributed by atoms with E-state index in [9.17, 15) is 4.39 Å². The van der Waals surface area contributed by atoms with Crippen LogP contribution in [0.25, 0.3) is 0 Å². The van der Waals surface area contributed by atoms with Crippen LogP contribution in [0.2, 0.25) is 5.02 Å². The van der Waals surface area contributed by atoms with Gasteiger partial charge in [0, 0.05) is 11.0 Å². The number of nitrogens with one attached hydrogen (secondary N) is 2. The molecule has 0 radical (unpaired) electrons. The standard InChI is InChI=1S/C12H11BrClFN4/c1-2-16-12-17-6-8(14)11(19-12)18-10-4-3-7(13)5-9(10)15/h3-6H,2H2,1H3,(H2,16,17,18,19). The smallest absolute Gasteiger partial charge is 0.224 e. The number of hydrogen-bond donors (Lipinski definition) is 2. The first-order chi connectivity index (χ1) is 9.10. The first-order valence-electron chi connectivity index (χ1n) is 5.58. The Morgan fingerprint density at radius 1 is 1.42 bits per heavy atom. The molecule has 0 spiro atoms. The predicted molar refractivity (Wildman–Crippen MR) is 78.6 cm³/mol. The molecular formula is C12H11BrClFN4. The van der Waals surface area contributed by atoms with Crippen molar-refractivity contribution in [1.29, 1.82) is 0 Å². The number of halogens is 3. The zero-order valence-electron chi connectivity index (χ0n) is 10.0. The lowest BCUT2D eigenvalue weighted by molar-refractivity contribution is 0.631. The molecule has 0 aliphatic carbocycles. The maximum absolute atomic E-state index is 13.7. The maximum atomic E-state index is 13.7. The third-order valence-electron chi connectivity index (χ3n) is 2.26. The van der Waals surface area contributed by atoms with Crippen LogP contribution >= 0.6 is 27.5 Å². The summed E-state index contributed by atoms with van der Waals surface area (Å²) in [6.07, 6.45) is 1.46. The van der Waals surface area contributed by atoms with Crippen molar-refractivity contribution in [2.75, 3.05) is 17.2 Å². The van der Waals surface area contributed by atoms with Crippen LogP contribution in [-0.2, 0) is 0 Å². The van der Waals surface area contributed by atoms with Gasteiger partial charge in [-0.05, 0) is 25.1 Å². The van der Waals surface area contributed by atoms with Crippen LogP contribution in [0.4, 0.5) is 21.8 Å². The van der Waals surface area contributed by atoms with E-state index in [0.717, 1.165) is 0 Å². The van der Waals surface area contributed by atoms with Gasteiger partial charge in [0.05, 0.1) is 11.9 Å². The lowest BCUT2D eigenvalue weighted by Gasteiger charge is -2.10. The van der Waals surface area contributed by atoms with Gasteiger partial charge in [-0.25, -0.2) is 9.37 Å². The van der Waals surface area contributed by atoms with Crippen molar-refractivity contribution in [2.45, 2.75) is 6.92 Å². The molecule has 19 heavy (non-hydrogen) atoms. The summed E-state index contributed by atoms with van der Waals surface area (Å²) < 4.78 is 14.4. The van der Waals surface area contributed by atoms with Gasteiger partial charge in [-0.15, -0.1) is 0 Å². The molecule has 0 atom stereocenters. The molecule has 2 rings (SSSR count). The third-order valence-corrected chi connectivity index (χ3v) is 3.03. The number of hydrogen-bond acceptors (Lipinski definition) is 4. The fraction of sp³-hybridized carbons (Fsp3) is 0.167. The topological polar surface area (TPSA) is 49.8 Å². The highest BCUT2D eigenvalue weighted by Gasteiger charge is 2.08. The zero-order valence-corrected chi connectivity index (χ0v) is 12.4. The Balaban J connectivity index is 2.29. The van der Waals surface area contributed by atoms with Crippen LogP contribution in [-0.4, -0.2) is 16.5 Å². The first-order valence-corrected chi connectivity index (χ1v) is 6.75. The molecule has 2 N–H and O–H groups in total. The molecule has 2 aromatic rings. The molecule has 1 aromatic carbocycles. The molecule has 1 aromatic heterocycles. The maximum Gasteiger partial charge on any atom is 0.224 e. The van der Waals surface area contributed by atoms with Crippen LogP contribution in [0.15, 0.2) is 28.9 Å². The van der Waals surface area contributed by atoms with E-state index in [2.05, 4.69) is 36.5 Å². The molecule has 0 aliphatic heterocycles. The quantitative estimate of drug-likeness (QED) is 0.871. The van der Waals surface area contributed by atoms with Gasteiger partial charge in [-0.2, -0.15) is 4.98 Å². The van der Waals surface area contributed by atoms with Crippen LogP contribution in [0.5, 0.6) is 0 Å². The van der Waals surface area contributed by atoms with Crippen molar-refractivity contribution in [3.63, 3.8) is 0 Å². The highest BCUT2D eigenvalue weighted by Crippen LogP contribution is 2.26. The SMILES string of the molecule is CCNc1ncc(Cl)c(Nc2ccc(Br)cc2F)n1. The van der Waals surface area contributed by atoms with Gasteiger partial charge in [-0.3, -0.25) is 0 Å². The predicted octanol–water partition coefficient (Wildman–Crippen LogP) is 4.21. The minimum Gasteiger partial charge on any atom is -0.354 e. The molecular weight excluding hydrogens is 335 g/mol.